The smallest absolute Gasteiger partial charge is 0.101 e. The minimum atomic E-state index is 0.845. The van der Waals surface area contributed by atoms with E-state index in [9.17, 15) is 0 Å². The van der Waals surface area contributed by atoms with E-state index in [1.165, 1.54) is 5.56 Å². The third-order valence-corrected chi connectivity index (χ3v) is 5.93. The van der Waals surface area contributed by atoms with Crippen LogP contribution >= 0.6 is 0 Å². The van der Waals surface area contributed by atoms with Gasteiger partial charge in [-0.1, -0.05) is 48.5 Å². The molecule has 6 aromatic rings. The minimum absolute atomic E-state index is 0.845. The molecule has 0 saturated heterocycles. The molecule has 0 spiro atoms. The summed E-state index contributed by atoms with van der Waals surface area (Å²) in [5.41, 5.74) is 8.35. The van der Waals surface area contributed by atoms with E-state index in [2.05, 4.69) is 80.1 Å². The molecular weight excluding hydrogens is 394 g/mol. The van der Waals surface area contributed by atoms with Gasteiger partial charge in [-0.25, -0.2) is 0 Å². The number of fused-ring (bicyclic) bond motifs is 4. The lowest BCUT2D eigenvalue weighted by molar-refractivity contribution is 0.818. The van der Waals surface area contributed by atoms with Gasteiger partial charge in [-0.15, -0.1) is 0 Å². The first kappa shape index (κ1) is 18.7. The summed E-state index contributed by atoms with van der Waals surface area (Å²) in [6.45, 7) is 0.845. The molecule has 0 aliphatic rings. The Kier molecular flexibility index (Phi) is 4.40. The highest BCUT2D eigenvalue weighted by Crippen LogP contribution is 2.34. The van der Waals surface area contributed by atoms with Gasteiger partial charge in [0.25, 0.3) is 0 Å². The molecule has 0 aliphatic carbocycles. The van der Waals surface area contributed by atoms with Gasteiger partial charge in [0, 0.05) is 40.0 Å². The molecule has 6 rings (SSSR count). The van der Waals surface area contributed by atoms with E-state index < -0.39 is 0 Å². The molecule has 0 radical (unpaired) electrons. The molecule has 3 aromatic carbocycles. The number of aromatic nitrogens is 4. The number of aromatic amines is 1. The summed E-state index contributed by atoms with van der Waals surface area (Å²) in [7, 11) is 1.96. The third kappa shape index (κ3) is 3.11. The van der Waals surface area contributed by atoms with Gasteiger partial charge in [-0.2, -0.15) is 5.10 Å². The summed E-state index contributed by atoms with van der Waals surface area (Å²) < 4.78 is 0. The molecule has 3 aromatic heterocycles. The van der Waals surface area contributed by atoms with E-state index in [-0.39, 0.29) is 0 Å². The number of nitrogens with zero attached hydrogens (tertiary/aromatic N) is 3. The zero-order valence-electron chi connectivity index (χ0n) is 17.6. The van der Waals surface area contributed by atoms with Crippen molar-refractivity contribution in [2.75, 3.05) is 7.05 Å². The molecular formula is C27H21N5. The summed E-state index contributed by atoms with van der Waals surface area (Å²) in [5, 5.41) is 14.3. The van der Waals surface area contributed by atoms with Crippen molar-refractivity contribution in [3.8, 4) is 22.4 Å². The minimum Gasteiger partial charge on any atom is -0.316 e. The highest BCUT2D eigenvalue weighted by Gasteiger charge is 2.14. The average Bonchev–Trinajstić information content (AvgIpc) is 3.29. The molecule has 0 unspecified atom stereocenters. The normalized spacial score (nSPS) is 11.5. The van der Waals surface area contributed by atoms with Gasteiger partial charge in [-0.3, -0.25) is 15.1 Å². The Morgan fingerprint density at radius 2 is 1.59 bits per heavy atom. The summed E-state index contributed by atoms with van der Waals surface area (Å²) in [5.74, 6) is 0. The lowest BCUT2D eigenvalue weighted by Crippen LogP contribution is -2.04. The second-order valence-electron chi connectivity index (χ2n) is 7.99. The SMILES string of the molecule is CNCc1ccc(-c2n[nH]c3cnc4ccc(-c5cnc6ccccc6c5)cc4c23)cc1. The fraction of sp³-hybridized carbons (Fsp3) is 0.0741. The first-order valence-electron chi connectivity index (χ1n) is 10.7. The first-order chi connectivity index (χ1) is 15.8. The molecule has 5 heteroatoms. The Balaban J connectivity index is 1.53. The predicted octanol–water partition coefficient (Wildman–Crippen LogP) is 5.71. The second-order valence-corrected chi connectivity index (χ2v) is 7.99. The fourth-order valence-corrected chi connectivity index (χ4v) is 4.31. The van der Waals surface area contributed by atoms with E-state index in [0.29, 0.717) is 0 Å². The number of nitrogens with one attached hydrogen (secondary N) is 2. The van der Waals surface area contributed by atoms with Crippen LogP contribution in [0.25, 0.3) is 55.1 Å². The third-order valence-electron chi connectivity index (χ3n) is 5.93. The van der Waals surface area contributed by atoms with E-state index in [1.807, 2.05) is 37.6 Å². The lowest BCUT2D eigenvalue weighted by atomic mass is 9.99. The molecule has 154 valence electrons. The summed E-state index contributed by atoms with van der Waals surface area (Å²) in [6, 6.07) is 25.3. The second kappa shape index (κ2) is 7.55. The zero-order chi connectivity index (χ0) is 21.5. The Hall–Kier alpha value is -4.09. The summed E-state index contributed by atoms with van der Waals surface area (Å²) in [6.07, 6.45) is 3.80. The van der Waals surface area contributed by atoms with Crippen LogP contribution in [-0.2, 0) is 6.54 Å². The van der Waals surface area contributed by atoms with E-state index in [1.54, 1.807) is 0 Å². The molecule has 3 heterocycles. The van der Waals surface area contributed by atoms with Crippen molar-refractivity contribution in [1.82, 2.24) is 25.5 Å². The van der Waals surface area contributed by atoms with Crippen LogP contribution in [0.3, 0.4) is 0 Å². The first-order valence-corrected chi connectivity index (χ1v) is 10.7. The number of hydrogen-bond donors (Lipinski definition) is 2. The highest BCUT2D eigenvalue weighted by atomic mass is 15.1. The molecule has 2 N–H and O–H groups in total. The Morgan fingerprint density at radius 3 is 2.47 bits per heavy atom. The average molecular weight is 416 g/mol. The summed E-state index contributed by atoms with van der Waals surface area (Å²) in [4.78, 5) is 9.28. The number of benzene rings is 3. The van der Waals surface area contributed by atoms with Gasteiger partial charge in [0.15, 0.2) is 0 Å². The van der Waals surface area contributed by atoms with Crippen LogP contribution < -0.4 is 5.32 Å². The van der Waals surface area contributed by atoms with Crippen LogP contribution in [0.1, 0.15) is 5.56 Å². The molecule has 32 heavy (non-hydrogen) atoms. The topological polar surface area (TPSA) is 66.5 Å². The van der Waals surface area contributed by atoms with Crippen molar-refractivity contribution in [1.29, 1.82) is 0 Å². The van der Waals surface area contributed by atoms with E-state index in [0.717, 1.165) is 61.6 Å². The van der Waals surface area contributed by atoms with Crippen LogP contribution in [0.5, 0.6) is 0 Å². The number of H-pyrrole nitrogens is 1. The maximum Gasteiger partial charge on any atom is 0.101 e. The lowest BCUT2D eigenvalue weighted by Gasteiger charge is -2.07. The Morgan fingerprint density at radius 1 is 0.781 bits per heavy atom. The molecule has 0 amide bonds. The van der Waals surface area contributed by atoms with Crippen molar-refractivity contribution in [3.05, 3.63) is 90.8 Å². The number of hydrogen-bond acceptors (Lipinski definition) is 4. The van der Waals surface area contributed by atoms with Crippen LogP contribution in [0.2, 0.25) is 0 Å². The van der Waals surface area contributed by atoms with Gasteiger partial charge in [0.1, 0.15) is 5.69 Å². The van der Waals surface area contributed by atoms with E-state index >= 15 is 0 Å². The zero-order valence-corrected chi connectivity index (χ0v) is 17.6. The highest BCUT2D eigenvalue weighted by molar-refractivity contribution is 6.11. The van der Waals surface area contributed by atoms with Gasteiger partial charge in [-0.05, 0) is 42.4 Å². The maximum atomic E-state index is 4.64. The maximum absolute atomic E-state index is 4.64. The molecule has 0 aliphatic heterocycles. The van der Waals surface area contributed by atoms with Crippen molar-refractivity contribution < 1.29 is 0 Å². The Labute approximate surface area is 185 Å². The van der Waals surface area contributed by atoms with Crippen LogP contribution in [0.15, 0.2) is 85.2 Å². The fourth-order valence-electron chi connectivity index (χ4n) is 4.31. The van der Waals surface area contributed by atoms with Crippen molar-refractivity contribution in [2.45, 2.75) is 6.54 Å². The van der Waals surface area contributed by atoms with Gasteiger partial charge in [0.2, 0.25) is 0 Å². The number of rotatable bonds is 4. The van der Waals surface area contributed by atoms with Crippen molar-refractivity contribution in [3.63, 3.8) is 0 Å². The molecule has 0 fully saturated rings. The van der Waals surface area contributed by atoms with Crippen molar-refractivity contribution in [2.24, 2.45) is 0 Å². The number of pyridine rings is 2. The van der Waals surface area contributed by atoms with Crippen LogP contribution in [-0.4, -0.2) is 27.2 Å². The van der Waals surface area contributed by atoms with Crippen LogP contribution in [0, 0.1) is 0 Å². The molecule has 0 bridgehead atoms. The van der Waals surface area contributed by atoms with Crippen molar-refractivity contribution >= 4 is 32.7 Å². The van der Waals surface area contributed by atoms with E-state index in [4.69, 9.17) is 0 Å². The molecule has 5 nitrogen and oxygen atoms in total. The van der Waals surface area contributed by atoms with Crippen LogP contribution in [0.4, 0.5) is 0 Å². The predicted molar refractivity (Wildman–Crippen MR) is 130 cm³/mol. The summed E-state index contributed by atoms with van der Waals surface area (Å²) >= 11 is 0. The monoisotopic (exact) mass is 415 g/mol. The number of para-hydroxylation sites is 1. The van der Waals surface area contributed by atoms with Gasteiger partial charge >= 0.3 is 0 Å². The standard InChI is InChI=1S/C27H21N5/c1-28-14-17-6-8-18(9-7-17)27-26-22-13-19(10-11-24(22)30-16-25(26)31-32-27)21-12-20-4-2-3-5-23(20)29-15-21/h2-13,15-16,28H,14H2,1H3,(H,31,32). The largest absolute Gasteiger partial charge is 0.316 e. The molecule has 0 atom stereocenters. The molecule has 0 saturated carbocycles. The van der Waals surface area contributed by atoms with Gasteiger partial charge < -0.3 is 5.32 Å². The quantitative estimate of drug-likeness (QED) is 0.387. The van der Waals surface area contributed by atoms with Gasteiger partial charge in [0.05, 0.1) is 22.7 Å². The Bertz CT molecular complexity index is 1580.